The quantitative estimate of drug-likeness (QED) is 0.480. The van der Waals surface area contributed by atoms with E-state index in [-0.39, 0.29) is 17.9 Å². The summed E-state index contributed by atoms with van der Waals surface area (Å²) in [6.07, 6.45) is 1.59. The zero-order valence-corrected chi connectivity index (χ0v) is 12.2. The van der Waals surface area contributed by atoms with Crippen LogP contribution in [0.1, 0.15) is 11.8 Å². The Labute approximate surface area is 120 Å². The maximum atomic E-state index is 11.7. The molecule has 0 aliphatic carbocycles. The molecule has 20 heavy (non-hydrogen) atoms. The van der Waals surface area contributed by atoms with Crippen LogP contribution in [0, 0.1) is 0 Å². The van der Waals surface area contributed by atoms with Gasteiger partial charge in [0.15, 0.2) is 0 Å². The summed E-state index contributed by atoms with van der Waals surface area (Å²) in [5, 5.41) is 4.51. The van der Waals surface area contributed by atoms with Gasteiger partial charge in [-0.2, -0.15) is 0 Å². The predicted molar refractivity (Wildman–Crippen MR) is 76.8 cm³/mol. The molecule has 1 aromatic rings. The second-order valence-corrected chi connectivity index (χ2v) is 5.26. The van der Waals surface area contributed by atoms with Crippen molar-refractivity contribution in [2.24, 2.45) is 5.16 Å². The molecule has 7 heteroatoms. The van der Waals surface area contributed by atoms with Gasteiger partial charge in [0.1, 0.15) is 5.57 Å². The van der Waals surface area contributed by atoms with E-state index in [1.807, 2.05) is 31.1 Å². The Balaban J connectivity index is 2.28. The first kappa shape index (κ1) is 14.3. The molecule has 1 aromatic heterocycles. The molecule has 0 saturated carbocycles. The number of rotatable bonds is 4. The standard InChI is InChI=1S/C13H14N2O4S/c1-4-18-13(17)11-9(12(16)19-14-11)7-8-5-6-10(20-8)15(2)3/h5-7H,4H2,1-3H3/b9-7-. The van der Waals surface area contributed by atoms with Crippen molar-refractivity contribution in [1.82, 2.24) is 0 Å². The molecule has 0 aromatic carbocycles. The molecule has 0 spiro atoms. The maximum absolute atomic E-state index is 11.7. The molecule has 0 bridgehead atoms. The van der Waals surface area contributed by atoms with E-state index in [4.69, 9.17) is 4.74 Å². The van der Waals surface area contributed by atoms with Gasteiger partial charge in [0.2, 0.25) is 5.71 Å². The Morgan fingerprint density at radius 1 is 1.50 bits per heavy atom. The molecular weight excluding hydrogens is 280 g/mol. The number of carbonyl (C=O) groups excluding carboxylic acids is 2. The molecule has 0 amide bonds. The van der Waals surface area contributed by atoms with Gasteiger partial charge in [0, 0.05) is 19.0 Å². The van der Waals surface area contributed by atoms with Gasteiger partial charge in [-0.3, -0.25) is 0 Å². The highest BCUT2D eigenvalue weighted by Crippen LogP contribution is 2.27. The van der Waals surface area contributed by atoms with Crippen LogP contribution in [-0.2, 0) is 19.2 Å². The van der Waals surface area contributed by atoms with E-state index in [0.717, 1.165) is 9.88 Å². The summed E-state index contributed by atoms with van der Waals surface area (Å²) in [5.74, 6) is -1.30. The smallest absolute Gasteiger partial charge is 0.368 e. The lowest BCUT2D eigenvalue weighted by molar-refractivity contribution is -0.136. The number of ether oxygens (including phenoxy) is 1. The minimum atomic E-state index is -0.658. The molecule has 0 radical (unpaired) electrons. The fourth-order valence-electron chi connectivity index (χ4n) is 1.56. The summed E-state index contributed by atoms with van der Waals surface area (Å²) in [6.45, 7) is 1.89. The van der Waals surface area contributed by atoms with Crippen molar-refractivity contribution in [3.05, 3.63) is 22.6 Å². The van der Waals surface area contributed by atoms with E-state index in [1.165, 1.54) is 11.3 Å². The summed E-state index contributed by atoms with van der Waals surface area (Å²) < 4.78 is 4.84. The first-order valence-electron chi connectivity index (χ1n) is 5.98. The third kappa shape index (κ3) is 2.88. The topological polar surface area (TPSA) is 68.2 Å². The van der Waals surface area contributed by atoms with Gasteiger partial charge in [-0.05, 0) is 25.1 Å². The largest absolute Gasteiger partial charge is 0.461 e. The van der Waals surface area contributed by atoms with E-state index < -0.39 is 11.9 Å². The molecule has 2 heterocycles. The van der Waals surface area contributed by atoms with Gasteiger partial charge in [-0.1, -0.05) is 5.16 Å². The second-order valence-electron chi connectivity index (χ2n) is 4.17. The van der Waals surface area contributed by atoms with Crippen molar-refractivity contribution in [2.75, 3.05) is 25.6 Å². The molecule has 0 fully saturated rings. The van der Waals surface area contributed by atoms with Gasteiger partial charge < -0.3 is 14.5 Å². The van der Waals surface area contributed by atoms with Crippen LogP contribution >= 0.6 is 11.3 Å². The zero-order chi connectivity index (χ0) is 14.7. The summed E-state index contributed by atoms with van der Waals surface area (Å²) in [7, 11) is 3.86. The van der Waals surface area contributed by atoms with Crippen molar-refractivity contribution in [2.45, 2.75) is 6.92 Å². The number of hydrogen-bond donors (Lipinski definition) is 0. The first-order valence-corrected chi connectivity index (χ1v) is 6.80. The summed E-state index contributed by atoms with van der Waals surface area (Å²) in [6, 6.07) is 3.79. The number of nitrogens with zero attached hydrogens (tertiary/aromatic N) is 2. The van der Waals surface area contributed by atoms with E-state index in [1.54, 1.807) is 13.0 Å². The number of thiophene rings is 1. The third-order valence-electron chi connectivity index (χ3n) is 2.50. The van der Waals surface area contributed by atoms with E-state index in [9.17, 15) is 9.59 Å². The Morgan fingerprint density at radius 3 is 2.85 bits per heavy atom. The van der Waals surface area contributed by atoms with Crippen LogP contribution in [0.4, 0.5) is 5.00 Å². The Morgan fingerprint density at radius 2 is 2.25 bits per heavy atom. The third-order valence-corrected chi connectivity index (χ3v) is 3.70. The molecular formula is C13H14N2O4S. The average Bonchev–Trinajstić information content (AvgIpc) is 2.99. The minimum absolute atomic E-state index is 0.0864. The molecule has 0 atom stereocenters. The van der Waals surface area contributed by atoms with Crippen LogP contribution in [-0.4, -0.2) is 38.4 Å². The number of carbonyl (C=O) groups is 2. The highest BCUT2D eigenvalue weighted by Gasteiger charge is 2.32. The summed E-state index contributed by atoms with van der Waals surface area (Å²) in [4.78, 5) is 30.6. The highest BCUT2D eigenvalue weighted by molar-refractivity contribution is 7.17. The fourth-order valence-corrected chi connectivity index (χ4v) is 2.43. The van der Waals surface area contributed by atoms with Gasteiger partial charge in [-0.15, -0.1) is 11.3 Å². The Kier molecular flexibility index (Phi) is 4.19. The van der Waals surface area contributed by atoms with Crippen molar-refractivity contribution in [1.29, 1.82) is 0 Å². The molecule has 1 aliphatic rings. The lowest BCUT2D eigenvalue weighted by Crippen LogP contribution is -2.19. The maximum Gasteiger partial charge on any atom is 0.368 e. The summed E-state index contributed by atoms with van der Waals surface area (Å²) >= 11 is 1.49. The molecule has 0 N–H and O–H groups in total. The zero-order valence-electron chi connectivity index (χ0n) is 11.4. The van der Waals surface area contributed by atoms with Crippen molar-refractivity contribution in [3.63, 3.8) is 0 Å². The van der Waals surface area contributed by atoms with Crippen LogP contribution in [0.3, 0.4) is 0 Å². The lowest BCUT2D eigenvalue weighted by atomic mass is 10.1. The molecule has 1 aliphatic heterocycles. The highest BCUT2D eigenvalue weighted by atomic mass is 32.1. The summed E-state index contributed by atoms with van der Waals surface area (Å²) in [5.41, 5.74) is 0.0345. The Hall–Kier alpha value is -2.15. The SMILES string of the molecule is CCOC(=O)C1=NOC(=O)/C1=C\c1ccc(N(C)C)s1. The van der Waals surface area contributed by atoms with Gasteiger partial charge in [0.05, 0.1) is 11.6 Å². The normalized spacial score (nSPS) is 16.1. The molecule has 106 valence electrons. The molecule has 0 unspecified atom stereocenters. The number of oxime groups is 1. The van der Waals surface area contributed by atoms with Crippen LogP contribution in [0.15, 0.2) is 22.9 Å². The number of anilines is 1. The van der Waals surface area contributed by atoms with E-state index >= 15 is 0 Å². The second kappa shape index (κ2) is 5.87. The van der Waals surface area contributed by atoms with Crippen LogP contribution in [0.5, 0.6) is 0 Å². The average molecular weight is 294 g/mol. The molecule has 6 nitrogen and oxygen atoms in total. The van der Waals surface area contributed by atoms with Crippen LogP contribution < -0.4 is 4.90 Å². The van der Waals surface area contributed by atoms with Gasteiger partial charge in [0.25, 0.3) is 0 Å². The monoisotopic (exact) mass is 294 g/mol. The van der Waals surface area contributed by atoms with Crippen molar-refractivity contribution >= 4 is 40.1 Å². The molecule has 0 saturated heterocycles. The lowest BCUT2D eigenvalue weighted by Gasteiger charge is -2.06. The number of hydrogen-bond acceptors (Lipinski definition) is 7. The predicted octanol–water partition coefficient (Wildman–Crippen LogP) is 1.67. The minimum Gasteiger partial charge on any atom is -0.461 e. The fraction of sp³-hybridized carbons (Fsp3) is 0.308. The first-order chi connectivity index (χ1) is 9.52. The van der Waals surface area contributed by atoms with Crippen LogP contribution in [0.2, 0.25) is 0 Å². The van der Waals surface area contributed by atoms with Crippen molar-refractivity contribution in [3.8, 4) is 0 Å². The van der Waals surface area contributed by atoms with Crippen LogP contribution in [0.25, 0.3) is 6.08 Å². The van der Waals surface area contributed by atoms with Gasteiger partial charge in [-0.25, -0.2) is 9.59 Å². The van der Waals surface area contributed by atoms with Crippen molar-refractivity contribution < 1.29 is 19.2 Å². The molecule has 2 rings (SSSR count). The van der Waals surface area contributed by atoms with E-state index in [2.05, 4.69) is 9.99 Å². The Bertz CT molecular complexity index is 601. The van der Waals surface area contributed by atoms with Gasteiger partial charge >= 0.3 is 11.9 Å². The van der Waals surface area contributed by atoms with E-state index in [0.29, 0.717) is 0 Å². The number of esters is 1.